The lowest BCUT2D eigenvalue weighted by Crippen LogP contribution is -1.98. The van der Waals surface area contributed by atoms with Gasteiger partial charge in [-0.05, 0) is 38.1 Å². The van der Waals surface area contributed by atoms with E-state index >= 15 is 0 Å². The van der Waals surface area contributed by atoms with Gasteiger partial charge in [0.05, 0.1) is 18.9 Å². The van der Waals surface area contributed by atoms with Crippen molar-refractivity contribution < 1.29 is 19.4 Å². The molecule has 0 bridgehead atoms. The van der Waals surface area contributed by atoms with Crippen LogP contribution in [-0.2, 0) is 0 Å². The number of nitrogens with one attached hydrogen (secondary N) is 1. The number of hydrogen-bond acceptors (Lipinski definition) is 4. The average Bonchev–Trinajstić information content (AvgIpc) is 2.91. The summed E-state index contributed by atoms with van der Waals surface area (Å²) in [5, 5.41) is 15.3. The summed E-state index contributed by atoms with van der Waals surface area (Å²) < 4.78 is 11.0. The Bertz CT molecular complexity index is 607. The molecule has 0 radical (unpaired) electrons. The quantitative estimate of drug-likeness (QED) is 0.847. The van der Waals surface area contributed by atoms with Crippen LogP contribution in [-0.4, -0.2) is 34.5 Å². The van der Waals surface area contributed by atoms with Gasteiger partial charge in [-0.1, -0.05) is 0 Å². The second-order valence-electron chi connectivity index (χ2n) is 4.00. The third-order valence-corrected chi connectivity index (χ3v) is 2.65. The second-order valence-corrected chi connectivity index (χ2v) is 4.00. The number of carbonyl (C=O) groups is 1. The number of rotatable bonds is 6. The van der Waals surface area contributed by atoms with Crippen LogP contribution in [0.3, 0.4) is 0 Å². The maximum absolute atomic E-state index is 10.8. The normalized spacial score (nSPS) is 10.3. The molecule has 0 saturated carbocycles. The van der Waals surface area contributed by atoms with E-state index in [0.29, 0.717) is 30.4 Å². The number of aromatic amines is 1. The Morgan fingerprint density at radius 3 is 2.50 bits per heavy atom. The minimum atomic E-state index is -1.04. The molecule has 1 aromatic carbocycles. The van der Waals surface area contributed by atoms with E-state index in [1.807, 2.05) is 19.9 Å². The molecule has 0 amide bonds. The van der Waals surface area contributed by atoms with Crippen LogP contribution in [0.2, 0.25) is 0 Å². The van der Waals surface area contributed by atoms with Crippen LogP contribution in [0.15, 0.2) is 24.3 Å². The van der Waals surface area contributed by atoms with E-state index < -0.39 is 5.97 Å². The summed E-state index contributed by atoms with van der Waals surface area (Å²) >= 11 is 0. The first-order valence-corrected chi connectivity index (χ1v) is 6.34. The minimum Gasteiger partial charge on any atom is -0.490 e. The van der Waals surface area contributed by atoms with Crippen molar-refractivity contribution in [1.82, 2.24) is 10.2 Å². The summed E-state index contributed by atoms with van der Waals surface area (Å²) in [6.45, 7) is 4.85. The van der Waals surface area contributed by atoms with E-state index in [9.17, 15) is 4.79 Å². The van der Waals surface area contributed by atoms with Crippen LogP contribution in [0.1, 0.15) is 24.3 Å². The SMILES string of the molecule is CCOc1ccc(-c2cc(C(=O)O)[nH]n2)cc1OCC. The van der Waals surface area contributed by atoms with Crippen molar-refractivity contribution in [3.05, 3.63) is 30.0 Å². The Balaban J connectivity index is 2.36. The van der Waals surface area contributed by atoms with E-state index in [4.69, 9.17) is 14.6 Å². The number of hydrogen-bond donors (Lipinski definition) is 2. The number of carboxylic acid groups (broad SMARTS) is 1. The topological polar surface area (TPSA) is 84.4 Å². The Labute approximate surface area is 116 Å². The molecule has 106 valence electrons. The Morgan fingerprint density at radius 1 is 1.20 bits per heavy atom. The van der Waals surface area contributed by atoms with Crippen LogP contribution >= 0.6 is 0 Å². The van der Waals surface area contributed by atoms with Gasteiger partial charge in [-0.2, -0.15) is 5.10 Å². The molecule has 1 heterocycles. The molecule has 1 aromatic heterocycles. The molecule has 0 fully saturated rings. The first kappa shape index (κ1) is 13.9. The van der Waals surface area contributed by atoms with Gasteiger partial charge in [0.1, 0.15) is 5.69 Å². The maximum Gasteiger partial charge on any atom is 0.353 e. The van der Waals surface area contributed by atoms with Crippen molar-refractivity contribution in [3.63, 3.8) is 0 Å². The van der Waals surface area contributed by atoms with E-state index in [-0.39, 0.29) is 5.69 Å². The fourth-order valence-electron chi connectivity index (χ4n) is 1.79. The lowest BCUT2D eigenvalue weighted by molar-refractivity contribution is 0.0690. The largest absolute Gasteiger partial charge is 0.490 e. The molecule has 0 unspecified atom stereocenters. The number of carboxylic acids is 1. The van der Waals surface area contributed by atoms with Gasteiger partial charge >= 0.3 is 5.97 Å². The highest BCUT2D eigenvalue weighted by molar-refractivity contribution is 5.86. The number of ether oxygens (including phenoxy) is 2. The number of aromatic nitrogens is 2. The molecule has 2 rings (SSSR count). The third kappa shape index (κ3) is 2.90. The zero-order chi connectivity index (χ0) is 14.5. The van der Waals surface area contributed by atoms with E-state index in [1.165, 1.54) is 6.07 Å². The first-order valence-electron chi connectivity index (χ1n) is 6.34. The zero-order valence-electron chi connectivity index (χ0n) is 11.3. The fraction of sp³-hybridized carbons (Fsp3) is 0.286. The molecule has 2 aromatic rings. The highest BCUT2D eigenvalue weighted by Crippen LogP contribution is 2.32. The molecule has 0 aliphatic heterocycles. The van der Waals surface area contributed by atoms with E-state index in [2.05, 4.69) is 10.2 Å². The molecular weight excluding hydrogens is 260 g/mol. The fourth-order valence-corrected chi connectivity index (χ4v) is 1.79. The van der Waals surface area contributed by atoms with Crippen molar-refractivity contribution in [1.29, 1.82) is 0 Å². The molecule has 0 spiro atoms. The zero-order valence-corrected chi connectivity index (χ0v) is 11.3. The first-order chi connectivity index (χ1) is 9.65. The highest BCUT2D eigenvalue weighted by Gasteiger charge is 2.12. The summed E-state index contributed by atoms with van der Waals surface area (Å²) in [6.07, 6.45) is 0. The van der Waals surface area contributed by atoms with Crippen molar-refractivity contribution >= 4 is 5.97 Å². The van der Waals surface area contributed by atoms with Gasteiger partial charge in [0.15, 0.2) is 11.5 Å². The van der Waals surface area contributed by atoms with Crippen LogP contribution in [0, 0.1) is 0 Å². The van der Waals surface area contributed by atoms with Gasteiger partial charge in [-0.25, -0.2) is 4.79 Å². The molecule has 20 heavy (non-hydrogen) atoms. The molecule has 0 saturated heterocycles. The van der Waals surface area contributed by atoms with Crippen molar-refractivity contribution in [2.45, 2.75) is 13.8 Å². The smallest absolute Gasteiger partial charge is 0.353 e. The van der Waals surface area contributed by atoms with Crippen LogP contribution in [0.4, 0.5) is 0 Å². The summed E-state index contributed by atoms with van der Waals surface area (Å²) in [6, 6.07) is 6.87. The van der Waals surface area contributed by atoms with Crippen molar-refractivity contribution in [2.24, 2.45) is 0 Å². The van der Waals surface area contributed by atoms with E-state index in [0.717, 1.165) is 5.56 Å². The molecule has 0 aliphatic carbocycles. The van der Waals surface area contributed by atoms with Gasteiger partial charge in [-0.3, -0.25) is 5.10 Å². The average molecular weight is 276 g/mol. The minimum absolute atomic E-state index is 0.0480. The monoisotopic (exact) mass is 276 g/mol. The maximum atomic E-state index is 10.8. The predicted molar refractivity (Wildman–Crippen MR) is 73.3 cm³/mol. The standard InChI is InChI=1S/C14H16N2O4/c1-3-19-12-6-5-9(7-13(12)20-4-2)10-8-11(14(17)18)16-15-10/h5-8H,3-4H2,1-2H3,(H,15,16)(H,17,18). The van der Waals surface area contributed by atoms with E-state index in [1.54, 1.807) is 12.1 Å². The van der Waals surface area contributed by atoms with Crippen molar-refractivity contribution in [3.8, 4) is 22.8 Å². The Hall–Kier alpha value is -2.50. The van der Waals surface area contributed by atoms with Gasteiger partial charge in [0.2, 0.25) is 0 Å². The molecule has 6 heteroatoms. The summed E-state index contributed by atoms with van der Waals surface area (Å²) in [5.74, 6) is 0.235. The Kier molecular flexibility index (Phi) is 4.24. The predicted octanol–water partition coefficient (Wildman–Crippen LogP) is 2.57. The Morgan fingerprint density at radius 2 is 1.90 bits per heavy atom. The summed E-state index contributed by atoms with van der Waals surface area (Å²) in [5.41, 5.74) is 1.36. The van der Waals surface area contributed by atoms with Crippen LogP contribution in [0.5, 0.6) is 11.5 Å². The van der Waals surface area contributed by atoms with Gasteiger partial charge < -0.3 is 14.6 Å². The summed E-state index contributed by atoms with van der Waals surface area (Å²) in [7, 11) is 0. The number of H-pyrrole nitrogens is 1. The molecule has 0 atom stereocenters. The molecule has 0 aliphatic rings. The van der Waals surface area contributed by atoms with Gasteiger partial charge in [-0.15, -0.1) is 0 Å². The number of aromatic carboxylic acids is 1. The molecule has 2 N–H and O–H groups in total. The second kappa shape index (κ2) is 6.10. The lowest BCUT2D eigenvalue weighted by Gasteiger charge is -2.11. The third-order valence-electron chi connectivity index (χ3n) is 2.65. The summed E-state index contributed by atoms with van der Waals surface area (Å²) in [4.78, 5) is 10.8. The number of nitrogens with zero attached hydrogens (tertiary/aromatic N) is 1. The van der Waals surface area contributed by atoms with Gasteiger partial charge in [0.25, 0.3) is 0 Å². The van der Waals surface area contributed by atoms with Crippen LogP contribution < -0.4 is 9.47 Å². The molecular formula is C14H16N2O4. The number of benzene rings is 1. The highest BCUT2D eigenvalue weighted by atomic mass is 16.5. The van der Waals surface area contributed by atoms with Gasteiger partial charge in [0, 0.05) is 5.56 Å². The van der Waals surface area contributed by atoms with Crippen LogP contribution in [0.25, 0.3) is 11.3 Å². The van der Waals surface area contributed by atoms with Crippen molar-refractivity contribution in [2.75, 3.05) is 13.2 Å². The lowest BCUT2D eigenvalue weighted by atomic mass is 10.1. The molecule has 6 nitrogen and oxygen atoms in total.